The fourth-order valence-corrected chi connectivity index (χ4v) is 3.91. The van der Waals surface area contributed by atoms with Crippen molar-refractivity contribution in [2.45, 2.75) is 37.6 Å². The lowest BCUT2D eigenvalue weighted by Gasteiger charge is -2.38. The molecule has 1 aromatic carbocycles. The van der Waals surface area contributed by atoms with Crippen LogP contribution in [0, 0.1) is 0 Å². The zero-order valence-corrected chi connectivity index (χ0v) is 16.4. The first-order valence-electron chi connectivity index (χ1n) is 10.0. The smallest absolute Gasteiger partial charge is 0.154 e. The zero-order chi connectivity index (χ0) is 20.7. The van der Waals surface area contributed by atoms with Crippen molar-refractivity contribution >= 4 is 10.9 Å². The Morgan fingerprint density at radius 1 is 1.10 bits per heavy atom. The number of nitrogens with two attached hydrogens (primary N) is 1. The summed E-state index contributed by atoms with van der Waals surface area (Å²) in [6, 6.07) is 16.2. The largest absolute Gasteiger partial charge is 0.390 e. The number of pyridine rings is 2. The minimum Gasteiger partial charge on any atom is -0.390 e. The van der Waals surface area contributed by atoms with Gasteiger partial charge in [-0.25, -0.2) is 14.1 Å². The molecule has 0 amide bonds. The fraction of sp³-hybridized carbons (Fsp3) is 0.261. The van der Waals surface area contributed by atoms with Crippen LogP contribution in [-0.2, 0) is 6.61 Å². The maximum Gasteiger partial charge on any atom is 0.154 e. The van der Waals surface area contributed by atoms with E-state index in [0.717, 1.165) is 28.6 Å². The highest BCUT2D eigenvalue weighted by Crippen LogP contribution is 2.44. The lowest BCUT2D eigenvalue weighted by molar-refractivity contribution is 0.0327. The summed E-state index contributed by atoms with van der Waals surface area (Å²) in [4.78, 5) is 9.11. The van der Waals surface area contributed by atoms with Crippen molar-refractivity contribution in [2.75, 3.05) is 0 Å². The number of aromatic nitrogens is 4. The molecule has 0 spiro atoms. The molecule has 3 heterocycles. The molecule has 152 valence electrons. The molecule has 0 bridgehead atoms. The summed E-state index contributed by atoms with van der Waals surface area (Å²) >= 11 is 0. The van der Waals surface area contributed by atoms with E-state index in [9.17, 15) is 9.50 Å². The van der Waals surface area contributed by atoms with E-state index in [0.29, 0.717) is 30.0 Å². The van der Waals surface area contributed by atoms with E-state index in [-0.39, 0.29) is 6.61 Å². The van der Waals surface area contributed by atoms with Crippen molar-refractivity contribution in [3.05, 3.63) is 72.2 Å². The molecule has 7 heteroatoms. The van der Waals surface area contributed by atoms with Crippen molar-refractivity contribution in [1.82, 2.24) is 19.7 Å². The standard InChI is InChI=1S/C23H22FN5O/c24-23(10-3-11-23)22(25)19-6-2-5-18(28-19)15-8-9-16-13-26-29(20(16)12-15)21-7-1-4-17(14-30)27-21/h1-2,4-9,12-13,22,30H,3,10-11,14,25H2/t22-/m0/s1. The monoisotopic (exact) mass is 403 g/mol. The number of aliphatic hydroxyl groups is 1. The highest BCUT2D eigenvalue weighted by Gasteiger charge is 2.44. The predicted molar refractivity (Wildman–Crippen MR) is 113 cm³/mol. The lowest BCUT2D eigenvalue weighted by Crippen LogP contribution is -2.43. The molecule has 0 unspecified atom stereocenters. The van der Waals surface area contributed by atoms with Crippen molar-refractivity contribution < 1.29 is 9.50 Å². The predicted octanol–water partition coefficient (Wildman–Crippen LogP) is 3.87. The molecular formula is C23H22FN5O. The van der Waals surface area contributed by atoms with Crippen LogP contribution in [0.3, 0.4) is 0 Å². The van der Waals surface area contributed by atoms with Crippen molar-refractivity contribution in [2.24, 2.45) is 5.73 Å². The fourth-order valence-electron chi connectivity index (χ4n) is 3.91. The summed E-state index contributed by atoms with van der Waals surface area (Å²) in [6.45, 7) is -0.134. The molecule has 3 N–H and O–H groups in total. The number of alkyl halides is 1. The molecule has 1 fully saturated rings. The first-order chi connectivity index (χ1) is 14.6. The van der Waals surface area contributed by atoms with Crippen molar-refractivity contribution in [1.29, 1.82) is 0 Å². The molecule has 30 heavy (non-hydrogen) atoms. The van der Waals surface area contributed by atoms with E-state index >= 15 is 0 Å². The second kappa shape index (κ2) is 7.27. The molecule has 1 aliphatic rings. The topological polar surface area (TPSA) is 89.8 Å². The average molecular weight is 403 g/mol. The maximum absolute atomic E-state index is 14.8. The van der Waals surface area contributed by atoms with Gasteiger partial charge in [-0.3, -0.25) is 4.98 Å². The Hall–Kier alpha value is -3.16. The number of nitrogens with zero attached hydrogens (tertiary/aromatic N) is 4. The van der Waals surface area contributed by atoms with Gasteiger partial charge < -0.3 is 10.8 Å². The van der Waals surface area contributed by atoms with Gasteiger partial charge in [-0.2, -0.15) is 5.10 Å². The Kier molecular flexibility index (Phi) is 4.56. The number of rotatable bonds is 5. The minimum atomic E-state index is -1.35. The first kappa shape index (κ1) is 18.8. The Bertz CT molecular complexity index is 1220. The summed E-state index contributed by atoms with van der Waals surface area (Å²) in [6.07, 6.45) is 3.63. The van der Waals surface area contributed by atoms with Crippen LogP contribution < -0.4 is 5.73 Å². The van der Waals surface area contributed by atoms with Crippen LogP contribution in [-0.4, -0.2) is 30.5 Å². The van der Waals surface area contributed by atoms with Crippen LogP contribution >= 0.6 is 0 Å². The maximum atomic E-state index is 14.8. The van der Waals surface area contributed by atoms with E-state index in [4.69, 9.17) is 5.73 Å². The minimum absolute atomic E-state index is 0.134. The summed E-state index contributed by atoms with van der Waals surface area (Å²) in [7, 11) is 0. The van der Waals surface area contributed by atoms with E-state index in [1.807, 2.05) is 42.5 Å². The quantitative estimate of drug-likeness (QED) is 0.528. The Labute approximate surface area is 173 Å². The number of aliphatic hydroxyl groups excluding tert-OH is 1. The summed E-state index contributed by atoms with van der Waals surface area (Å²) in [5.41, 5.74) is 8.49. The highest BCUT2D eigenvalue weighted by molar-refractivity contribution is 5.84. The third-order valence-corrected chi connectivity index (χ3v) is 5.87. The van der Waals surface area contributed by atoms with Gasteiger partial charge in [0.2, 0.25) is 0 Å². The lowest BCUT2D eigenvalue weighted by atomic mass is 9.75. The summed E-state index contributed by atoms with van der Waals surface area (Å²) in [5.74, 6) is 0.627. The Morgan fingerprint density at radius 3 is 2.70 bits per heavy atom. The second-order valence-electron chi connectivity index (χ2n) is 7.79. The number of hydrogen-bond donors (Lipinski definition) is 2. The van der Waals surface area contributed by atoms with Crippen LogP contribution in [0.25, 0.3) is 28.0 Å². The third kappa shape index (κ3) is 3.16. The van der Waals surface area contributed by atoms with Gasteiger partial charge in [-0.15, -0.1) is 0 Å². The van der Waals surface area contributed by atoms with Crippen LogP contribution in [0.5, 0.6) is 0 Å². The van der Waals surface area contributed by atoms with Gasteiger partial charge in [0.05, 0.1) is 41.4 Å². The van der Waals surface area contributed by atoms with E-state index in [2.05, 4.69) is 15.1 Å². The van der Waals surface area contributed by atoms with Crippen LogP contribution in [0.15, 0.2) is 60.8 Å². The molecule has 4 aromatic rings. The van der Waals surface area contributed by atoms with Crippen molar-refractivity contribution in [3.8, 4) is 17.1 Å². The molecular weight excluding hydrogens is 381 g/mol. The van der Waals surface area contributed by atoms with Crippen molar-refractivity contribution in [3.63, 3.8) is 0 Å². The SMILES string of the molecule is N[C@@H](c1cccc(-c2ccc3cnn(-c4cccc(CO)n4)c3c2)n1)C1(F)CCC1. The van der Waals surface area contributed by atoms with Gasteiger partial charge in [0.25, 0.3) is 0 Å². The normalized spacial score (nSPS) is 16.4. The number of halogens is 1. The second-order valence-corrected chi connectivity index (χ2v) is 7.79. The van der Waals surface area contributed by atoms with Gasteiger partial charge in [0.15, 0.2) is 5.82 Å². The molecule has 3 aromatic heterocycles. The van der Waals surface area contributed by atoms with Gasteiger partial charge >= 0.3 is 0 Å². The zero-order valence-electron chi connectivity index (χ0n) is 16.4. The molecule has 0 aliphatic heterocycles. The van der Waals surface area contributed by atoms with Gasteiger partial charge in [0.1, 0.15) is 5.67 Å². The van der Waals surface area contributed by atoms with Gasteiger partial charge in [-0.1, -0.05) is 24.3 Å². The van der Waals surface area contributed by atoms with E-state index in [1.165, 1.54) is 0 Å². The molecule has 1 saturated carbocycles. The first-order valence-corrected chi connectivity index (χ1v) is 10.0. The van der Waals surface area contributed by atoms with Crippen LogP contribution in [0.1, 0.15) is 36.7 Å². The molecule has 0 saturated heterocycles. The van der Waals surface area contributed by atoms with Crippen LogP contribution in [0.4, 0.5) is 4.39 Å². The molecule has 0 radical (unpaired) electrons. The third-order valence-electron chi connectivity index (χ3n) is 5.87. The Balaban J connectivity index is 1.55. The number of benzene rings is 1. The molecule has 1 atom stereocenters. The molecule has 5 rings (SSSR count). The van der Waals surface area contributed by atoms with Crippen LogP contribution in [0.2, 0.25) is 0 Å². The average Bonchev–Trinajstić information content (AvgIpc) is 3.20. The molecule has 1 aliphatic carbocycles. The van der Waals surface area contributed by atoms with E-state index in [1.54, 1.807) is 23.0 Å². The Morgan fingerprint density at radius 2 is 1.93 bits per heavy atom. The highest BCUT2D eigenvalue weighted by atomic mass is 19.1. The van der Waals surface area contributed by atoms with E-state index < -0.39 is 11.7 Å². The summed E-state index contributed by atoms with van der Waals surface area (Å²) < 4.78 is 16.5. The molecule has 6 nitrogen and oxygen atoms in total. The number of hydrogen-bond acceptors (Lipinski definition) is 5. The van der Waals surface area contributed by atoms with Gasteiger partial charge in [0, 0.05) is 10.9 Å². The number of fused-ring (bicyclic) bond motifs is 1. The van der Waals surface area contributed by atoms with Gasteiger partial charge in [-0.05, 0) is 49.6 Å². The summed E-state index contributed by atoms with van der Waals surface area (Å²) in [5, 5.41) is 14.8.